The maximum Gasteiger partial charge on any atom is 0.251 e. The van der Waals surface area contributed by atoms with E-state index in [1.165, 1.54) is 0 Å². The van der Waals surface area contributed by atoms with Crippen molar-refractivity contribution < 1.29 is 9.90 Å². The highest BCUT2D eigenvalue weighted by atomic mass is 16.3. The van der Waals surface area contributed by atoms with E-state index in [2.05, 4.69) is 5.32 Å². The molecule has 1 amide bonds. The molecule has 4 N–H and O–H groups in total. The molecule has 1 fully saturated rings. The summed E-state index contributed by atoms with van der Waals surface area (Å²) < 4.78 is 0. The molecule has 0 aliphatic heterocycles. The summed E-state index contributed by atoms with van der Waals surface area (Å²) in [5.74, 6) is -0.0845. The minimum atomic E-state index is -0.199. The lowest BCUT2D eigenvalue weighted by Gasteiger charge is -2.26. The molecule has 0 saturated heterocycles. The minimum Gasteiger partial charge on any atom is -0.399 e. The molecule has 1 aliphatic carbocycles. The zero-order chi connectivity index (χ0) is 12.3. The average Bonchev–Trinajstić information content (AvgIpc) is 2.32. The number of amides is 1. The van der Waals surface area contributed by atoms with Crippen LogP contribution in [-0.4, -0.2) is 23.2 Å². The van der Waals surface area contributed by atoms with E-state index in [1.54, 1.807) is 24.3 Å². The van der Waals surface area contributed by atoms with Crippen LogP contribution in [0.15, 0.2) is 24.3 Å². The van der Waals surface area contributed by atoms with Crippen molar-refractivity contribution in [2.75, 3.05) is 5.73 Å². The Morgan fingerprint density at radius 2 is 2.00 bits per heavy atom. The van der Waals surface area contributed by atoms with E-state index >= 15 is 0 Å². The van der Waals surface area contributed by atoms with Gasteiger partial charge in [0, 0.05) is 17.3 Å². The number of nitrogens with two attached hydrogens (primary N) is 1. The zero-order valence-corrected chi connectivity index (χ0v) is 9.73. The summed E-state index contributed by atoms with van der Waals surface area (Å²) in [6, 6.07) is 7.13. The smallest absolute Gasteiger partial charge is 0.251 e. The second-order valence-electron chi connectivity index (χ2n) is 4.60. The quantitative estimate of drug-likeness (QED) is 0.675. The predicted octanol–water partition coefficient (Wildman–Crippen LogP) is 1.30. The number of nitrogens with one attached hydrogen (secondary N) is 1. The number of aliphatic hydroxyl groups is 1. The summed E-state index contributed by atoms with van der Waals surface area (Å²) in [6.45, 7) is 0. The number of benzene rings is 1. The van der Waals surface area contributed by atoms with Gasteiger partial charge in [0.05, 0.1) is 6.10 Å². The second kappa shape index (κ2) is 5.19. The van der Waals surface area contributed by atoms with E-state index in [4.69, 9.17) is 5.73 Å². The van der Waals surface area contributed by atoms with Crippen LogP contribution in [0, 0.1) is 0 Å². The molecular weight excluding hydrogens is 216 g/mol. The van der Waals surface area contributed by atoms with Crippen molar-refractivity contribution in [2.24, 2.45) is 0 Å². The Labute approximate surface area is 101 Å². The standard InChI is InChI=1S/C13H18N2O2/c14-10-3-1-2-9(8-10)13(17)15-11-4-6-12(16)7-5-11/h1-3,8,11-12,16H,4-7,14H2,(H,15,17). The summed E-state index contributed by atoms with van der Waals surface area (Å²) in [4.78, 5) is 11.9. The van der Waals surface area contributed by atoms with Crippen molar-refractivity contribution in [2.45, 2.75) is 37.8 Å². The topological polar surface area (TPSA) is 75.4 Å². The van der Waals surface area contributed by atoms with Crippen LogP contribution >= 0.6 is 0 Å². The fraction of sp³-hybridized carbons (Fsp3) is 0.462. The van der Waals surface area contributed by atoms with Gasteiger partial charge in [0.15, 0.2) is 0 Å². The summed E-state index contributed by atoms with van der Waals surface area (Å²) in [7, 11) is 0. The molecule has 4 nitrogen and oxygen atoms in total. The van der Waals surface area contributed by atoms with Gasteiger partial charge < -0.3 is 16.2 Å². The van der Waals surface area contributed by atoms with Gasteiger partial charge in [-0.2, -0.15) is 0 Å². The van der Waals surface area contributed by atoms with Crippen LogP contribution in [0.3, 0.4) is 0 Å². The third kappa shape index (κ3) is 3.20. The number of rotatable bonds is 2. The lowest BCUT2D eigenvalue weighted by Crippen LogP contribution is -2.38. The van der Waals surface area contributed by atoms with Gasteiger partial charge in [-0.1, -0.05) is 6.07 Å². The first-order valence-electron chi connectivity index (χ1n) is 5.99. The molecule has 1 saturated carbocycles. The molecule has 4 heteroatoms. The highest BCUT2D eigenvalue weighted by molar-refractivity contribution is 5.95. The lowest BCUT2D eigenvalue weighted by atomic mass is 9.93. The van der Waals surface area contributed by atoms with Gasteiger partial charge in [-0.3, -0.25) is 4.79 Å². The van der Waals surface area contributed by atoms with Gasteiger partial charge in [0.1, 0.15) is 0 Å². The fourth-order valence-corrected chi connectivity index (χ4v) is 2.17. The maximum atomic E-state index is 11.9. The summed E-state index contributed by atoms with van der Waals surface area (Å²) in [6.07, 6.45) is 3.02. The average molecular weight is 234 g/mol. The van der Waals surface area contributed by atoms with Crippen LogP contribution in [0.1, 0.15) is 36.0 Å². The van der Waals surface area contributed by atoms with Crippen molar-refractivity contribution in [1.29, 1.82) is 0 Å². The van der Waals surface area contributed by atoms with Gasteiger partial charge in [-0.05, 0) is 43.9 Å². The highest BCUT2D eigenvalue weighted by Gasteiger charge is 2.21. The lowest BCUT2D eigenvalue weighted by molar-refractivity contribution is 0.0867. The first kappa shape index (κ1) is 11.9. The Morgan fingerprint density at radius 3 is 2.65 bits per heavy atom. The van der Waals surface area contributed by atoms with Gasteiger partial charge in [-0.25, -0.2) is 0 Å². The number of carbonyl (C=O) groups is 1. The van der Waals surface area contributed by atoms with Gasteiger partial charge >= 0.3 is 0 Å². The predicted molar refractivity (Wildman–Crippen MR) is 66.6 cm³/mol. The summed E-state index contributed by atoms with van der Waals surface area (Å²) in [5, 5.41) is 12.4. The number of anilines is 1. The molecule has 17 heavy (non-hydrogen) atoms. The third-order valence-corrected chi connectivity index (χ3v) is 3.18. The molecule has 92 valence electrons. The number of nitrogen functional groups attached to an aromatic ring is 1. The summed E-state index contributed by atoms with van der Waals surface area (Å²) in [5.41, 5.74) is 6.82. The molecule has 1 aromatic rings. The van der Waals surface area contributed by atoms with Gasteiger partial charge in [-0.15, -0.1) is 0 Å². The van der Waals surface area contributed by atoms with E-state index in [-0.39, 0.29) is 18.1 Å². The van der Waals surface area contributed by atoms with Crippen LogP contribution in [-0.2, 0) is 0 Å². The van der Waals surface area contributed by atoms with E-state index in [1.807, 2.05) is 0 Å². The minimum absolute atomic E-state index is 0.0845. The Morgan fingerprint density at radius 1 is 1.29 bits per heavy atom. The first-order valence-corrected chi connectivity index (χ1v) is 5.99. The monoisotopic (exact) mass is 234 g/mol. The maximum absolute atomic E-state index is 11.9. The molecule has 0 atom stereocenters. The molecule has 0 unspecified atom stereocenters. The normalized spacial score (nSPS) is 24.3. The van der Waals surface area contributed by atoms with Gasteiger partial charge in [0.2, 0.25) is 0 Å². The third-order valence-electron chi connectivity index (χ3n) is 3.18. The Hall–Kier alpha value is -1.55. The number of aliphatic hydroxyl groups excluding tert-OH is 1. The zero-order valence-electron chi connectivity index (χ0n) is 9.73. The largest absolute Gasteiger partial charge is 0.399 e. The Bertz CT molecular complexity index is 398. The molecular formula is C13H18N2O2. The molecule has 0 aromatic heterocycles. The second-order valence-corrected chi connectivity index (χ2v) is 4.60. The molecule has 1 aliphatic rings. The van der Waals surface area contributed by atoms with E-state index in [9.17, 15) is 9.90 Å². The van der Waals surface area contributed by atoms with Crippen molar-refractivity contribution in [3.05, 3.63) is 29.8 Å². The molecule has 0 spiro atoms. The molecule has 1 aromatic carbocycles. The van der Waals surface area contributed by atoms with Crippen molar-refractivity contribution >= 4 is 11.6 Å². The highest BCUT2D eigenvalue weighted by Crippen LogP contribution is 2.18. The Kier molecular flexibility index (Phi) is 3.64. The van der Waals surface area contributed by atoms with Crippen LogP contribution in [0.2, 0.25) is 0 Å². The van der Waals surface area contributed by atoms with Crippen molar-refractivity contribution in [1.82, 2.24) is 5.32 Å². The number of carbonyl (C=O) groups excluding carboxylic acids is 1. The van der Waals surface area contributed by atoms with Crippen LogP contribution in [0.5, 0.6) is 0 Å². The summed E-state index contributed by atoms with van der Waals surface area (Å²) >= 11 is 0. The first-order chi connectivity index (χ1) is 8.15. The van der Waals surface area contributed by atoms with Crippen LogP contribution < -0.4 is 11.1 Å². The van der Waals surface area contributed by atoms with E-state index in [0.717, 1.165) is 25.7 Å². The van der Waals surface area contributed by atoms with Crippen LogP contribution in [0.4, 0.5) is 5.69 Å². The van der Waals surface area contributed by atoms with Crippen molar-refractivity contribution in [3.8, 4) is 0 Å². The number of hydrogen-bond donors (Lipinski definition) is 3. The molecule has 0 bridgehead atoms. The SMILES string of the molecule is Nc1cccc(C(=O)NC2CCC(O)CC2)c1. The van der Waals surface area contributed by atoms with Crippen LogP contribution in [0.25, 0.3) is 0 Å². The number of hydrogen-bond acceptors (Lipinski definition) is 3. The fourth-order valence-electron chi connectivity index (χ4n) is 2.17. The molecule has 2 rings (SSSR count). The molecule has 0 radical (unpaired) electrons. The van der Waals surface area contributed by atoms with E-state index in [0.29, 0.717) is 11.3 Å². The Balaban J connectivity index is 1.93. The van der Waals surface area contributed by atoms with E-state index < -0.39 is 0 Å². The van der Waals surface area contributed by atoms with Gasteiger partial charge in [0.25, 0.3) is 5.91 Å². The van der Waals surface area contributed by atoms with Crippen molar-refractivity contribution in [3.63, 3.8) is 0 Å². The molecule has 0 heterocycles.